The highest BCUT2D eigenvalue weighted by molar-refractivity contribution is 7.00. The minimum atomic E-state index is -0.292. The van der Waals surface area contributed by atoms with E-state index in [1.165, 1.54) is 121 Å². The minimum Gasteiger partial charge on any atom is -0.310 e. The zero-order valence-electron chi connectivity index (χ0n) is 55.0. The summed E-state index contributed by atoms with van der Waals surface area (Å²) in [5.74, 6) is 0. The first-order valence-electron chi connectivity index (χ1n) is 34.7. The molecule has 2 aliphatic rings. The van der Waals surface area contributed by atoms with Crippen molar-refractivity contribution in [2.75, 3.05) is 9.80 Å². The number of anilines is 6. The molecule has 0 amide bonds. The normalized spacial score (nSPS) is 12.9. The highest BCUT2D eigenvalue weighted by Gasteiger charge is 2.46. The largest absolute Gasteiger partial charge is 0.310 e. The standard InChI is InChI=1S/C94H63BN4/c1-94(2,3)66-56-87-89-88(57-66)99(91-69(60-28-12-6-13-29-60)36-21-37-70(91)61-30-14-7-15-31-61)86-55-65(63-47-51-84-78(53-63)76-41-23-39-74-72-33-17-19-43-82(72)97(84)93(74)76)45-49-80(86)95(89)79-48-44-64(62-46-50-83-77(52-62)75-40-22-38-73-71-32-16-18-42-81(71)96(83)92(73)75)54-85(79)98(87)90-67(58-24-8-4-9-25-58)34-20-35-68(90)59-26-10-5-11-27-59/h4-57H,1-3H3. The van der Waals surface area contributed by atoms with Crippen molar-refractivity contribution in [2.45, 2.75) is 26.2 Å². The molecule has 0 saturated heterocycles. The third-order valence-corrected chi connectivity index (χ3v) is 21.9. The molecule has 0 bridgehead atoms. The second-order valence-electron chi connectivity index (χ2n) is 28.3. The van der Waals surface area contributed by atoms with E-state index in [0.717, 1.165) is 78.4 Å². The maximum Gasteiger partial charge on any atom is 0.252 e. The Balaban J connectivity index is 0.877. The molecule has 4 nitrogen and oxygen atoms in total. The highest BCUT2D eigenvalue weighted by Crippen LogP contribution is 2.55. The van der Waals surface area contributed by atoms with Gasteiger partial charge in [0, 0.05) is 88.1 Å². The average molecular weight is 1260 g/mol. The van der Waals surface area contributed by atoms with Crippen LogP contribution in [0.3, 0.4) is 0 Å². The van der Waals surface area contributed by atoms with Crippen molar-refractivity contribution >= 4 is 133 Å². The fourth-order valence-electron chi connectivity index (χ4n) is 17.5. The van der Waals surface area contributed by atoms with Crippen LogP contribution in [0, 0.1) is 0 Å². The second-order valence-corrected chi connectivity index (χ2v) is 28.3. The number of hydrogen-bond donors (Lipinski definition) is 0. The fraction of sp³-hybridized carbons (Fsp3) is 0.0426. The van der Waals surface area contributed by atoms with Crippen LogP contribution in [0.4, 0.5) is 34.1 Å². The van der Waals surface area contributed by atoms with E-state index in [1.54, 1.807) is 0 Å². The summed E-state index contributed by atoms with van der Waals surface area (Å²) in [6.45, 7) is 6.98. The SMILES string of the molecule is CC(C)(C)c1cc2c3c(c1)N(c1c(-c4ccccc4)cccc1-c1ccccc1)c1cc(-c4ccc5c(c4)c4cccc6c7ccccc7n5c64)ccc1B3c1ccc(-c3ccc4c(c3)c3cccc5c6ccccc6n4c53)cc1N2c1c(-c2ccccc2)cccc1-c1ccccc1. The molecule has 21 rings (SSSR count). The Kier molecular flexibility index (Phi) is 11.9. The van der Waals surface area contributed by atoms with Gasteiger partial charge < -0.3 is 18.6 Å². The molecule has 15 aromatic carbocycles. The van der Waals surface area contributed by atoms with Crippen LogP contribution in [0.1, 0.15) is 26.3 Å². The van der Waals surface area contributed by atoms with Gasteiger partial charge in [0.15, 0.2) is 0 Å². The number of aromatic nitrogens is 2. The molecule has 0 saturated carbocycles. The molecule has 0 spiro atoms. The van der Waals surface area contributed by atoms with Crippen LogP contribution in [0.25, 0.3) is 143 Å². The Bertz CT molecular complexity index is 6020. The minimum absolute atomic E-state index is 0.189. The molecule has 0 N–H and O–H groups in total. The van der Waals surface area contributed by atoms with E-state index in [4.69, 9.17) is 0 Å². The Morgan fingerprint density at radius 3 is 0.939 bits per heavy atom. The van der Waals surface area contributed by atoms with Crippen molar-refractivity contribution in [3.63, 3.8) is 0 Å². The Morgan fingerprint density at radius 2 is 0.556 bits per heavy atom. The maximum absolute atomic E-state index is 2.70. The van der Waals surface area contributed by atoms with Gasteiger partial charge in [0.2, 0.25) is 0 Å². The van der Waals surface area contributed by atoms with Crippen LogP contribution < -0.4 is 26.2 Å². The lowest BCUT2D eigenvalue weighted by Gasteiger charge is -2.46. The summed E-state index contributed by atoms with van der Waals surface area (Å²) in [7, 11) is 0. The lowest BCUT2D eigenvalue weighted by Crippen LogP contribution is -2.61. The molecule has 6 heterocycles. The van der Waals surface area contributed by atoms with Gasteiger partial charge in [-0.3, -0.25) is 0 Å². The zero-order valence-corrected chi connectivity index (χ0v) is 55.0. The predicted molar refractivity (Wildman–Crippen MR) is 421 cm³/mol. The van der Waals surface area contributed by atoms with E-state index in [1.807, 2.05) is 0 Å². The second kappa shape index (κ2) is 21.0. The smallest absolute Gasteiger partial charge is 0.252 e. The van der Waals surface area contributed by atoms with Crippen molar-refractivity contribution in [1.29, 1.82) is 0 Å². The number of fused-ring (bicyclic) bond motifs is 16. The van der Waals surface area contributed by atoms with Crippen LogP contribution in [0.5, 0.6) is 0 Å². The van der Waals surface area contributed by atoms with Crippen molar-refractivity contribution in [2.24, 2.45) is 0 Å². The summed E-state index contributed by atoms with van der Waals surface area (Å²) >= 11 is 0. The van der Waals surface area contributed by atoms with Gasteiger partial charge in [-0.1, -0.05) is 288 Å². The van der Waals surface area contributed by atoms with Crippen LogP contribution in [-0.4, -0.2) is 15.5 Å². The third kappa shape index (κ3) is 8.10. The number of rotatable bonds is 8. The van der Waals surface area contributed by atoms with E-state index in [9.17, 15) is 0 Å². The monoisotopic (exact) mass is 1260 g/mol. The molecule has 0 atom stereocenters. The Morgan fingerprint density at radius 1 is 0.242 bits per heavy atom. The van der Waals surface area contributed by atoms with E-state index >= 15 is 0 Å². The van der Waals surface area contributed by atoms with Gasteiger partial charge in [0.25, 0.3) is 6.71 Å². The van der Waals surface area contributed by atoms with Gasteiger partial charge in [0.05, 0.1) is 44.5 Å². The van der Waals surface area contributed by atoms with Crippen molar-refractivity contribution < 1.29 is 0 Å². The first kappa shape index (κ1) is 55.8. The van der Waals surface area contributed by atoms with Gasteiger partial charge in [0.1, 0.15) is 0 Å². The van der Waals surface area contributed by atoms with Gasteiger partial charge in [-0.15, -0.1) is 0 Å². The fourth-order valence-corrected chi connectivity index (χ4v) is 17.5. The molecule has 0 fully saturated rings. The summed E-state index contributed by atoms with van der Waals surface area (Å²) < 4.78 is 4.97. The summed E-state index contributed by atoms with van der Waals surface area (Å²) in [5.41, 5.74) is 33.1. The molecule has 0 radical (unpaired) electrons. The Labute approximate surface area is 574 Å². The van der Waals surface area contributed by atoms with Crippen LogP contribution in [0.15, 0.2) is 328 Å². The first-order valence-corrected chi connectivity index (χ1v) is 34.7. The molecule has 99 heavy (non-hydrogen) atoms. The lowest BCUT2D eigenvalue weighted by atomic mass is 9.33. The summed E-state index contributed by atoms with van der Waals surface area (Å²) in [4.78, 5) is 5.40. The number of para-hydroxylation sites is 6. The summed E-state index contributed by atoms with van der Waals surface area (Å²) in [5, 5.41) is 10.2. The molecule has 5 heteroatoms. The number of benzene rings is 15. The molecule has 19 aromatic rings. The van der Waals surface area contributed by atoms with Crippen molar-refractivity contribution in [1.82, 2.24) is 8.80 Å². The van der Waals surface area contributed by atoms with Gasteiger partial charge in [-0.25, -0.2) is 0 Å². The van der Waals surface area contributed by atoms with E-state index in [2.05, 4.69) is 367 Å². The van der Waals surface area contributed by atoms with Crippen molar-refractivity contribution in [3.8, 4) is 66.8 Å². The first-order chi connectivity index (χ1) is 48.8. The molecule has 2 aliphatic heterocycles. The van der Waals surface area contributed by atoms with Crippen LogP contribution in [0.2, 0.25) is 0 Å². The molecule has 4 aromatic heterocycles. The quantitative estimate of drug-likeness (QED) is 0.141. The predicted octanol–water partition coefficient (Wildman–Crippen LogP) is 23.4. The van der Waals surface area contributed by atoms with Crippen LogP contribution >= 0.6 is 0 Å². The lowest BCUT2D eigenvalue weighted by molar-refractivity contribution is 0.590. The topological polar surface area (TPSA) is 15.3 Å². The molecule has 0 unspecified atom stereocenters. The van der Waals surface area contributed by atoms with Gasteiger partial charge in [-0.05, 0) is 133 Å². The summed E-state index contributed by atoms with van der Waals surface area (Å²) in [6, 6.07) is 124. The highest BCUT2D eigenvalue weighted by atomic mass is 15.2. The summed E-state index contributed by atoms with van der Waals surface area (Å²) in [6.07, 6.45) is 0. The average Bonchev–Trinajstić information content (AvgIpc) is 1.15. The van der Waals surface area contributed by atoms with Gasteiger partial charge >= 0.3 is 0 Å². The van der Waals surface area contributed by atoms with Gasteiger partial charge in [-0.2, -0.15) is 0 Å². The van der Waals surface area contributed by atoms with E-state index in [-0.39, 0.29) is 12.1 Å². The van der Waals surface area contributed by atoms with Crippen molar-refractivity contribution in [3.05, 3.63) is 333 Å². The van der Waals surface area contributed by atoms with E-state index < -0.39 is 0 Å². The molecule has 462 valence electrons. The molecule has 0 aliphatic carbocycles. The number of hydrogen-bond acceptors (Lipinski definition) is 2. The molecular weight excluding hydrogens is 1200 g/mol. The zero-order chi connectivity index (χ0) is 65.4. The Hall–Kier alpha value is -12.4. The molecular formula is C94H63BN4. The number of nitrogens with zero attached hydrogens (tertiary/aromatic N) is 4. The van der Waals surface area contributed by atoms with Crippen LogP contribution in [-0.2, 0) is 5.41 Å². The third-order valence-electron chi connectivity index (χ3n) is 21.9. The van der Waals surface area contributed by atoms with E-state index in [0.29, 0.717) is 0 Å². The maximum atomic E-state index is 2.70.